The second-order valence-corrected chi connectivity index (χ2v) is 8.42. The molecular weight excluding hydrogens is 426 g/mol. The van der Waals surface area contributed by atoms with Crippen LogP contribution in [0, 0.1) is 0 Å². The van der Waals surface area contributed by atoms with Gasteiger partial charge in [-0.15, -0.1) is 0 Å². The number of fused-ring (bicyclic) bond motifs is 1. The molecule has 3 N–H and O–H groups in total. The van der Waals surface area contributed by atoms with Crippen molar-refractivity contribution in [1.29, 1.82) is 0 Å². The van der Waals surface area contributed by atoms with Crippen molar-refractivity contribution in [3.8, 4) is 11.5 Å². The normalized spacial score (nSPS) is 22.8. The fourth-order valence-corrected chi connectivity index (χ4v) is 4.27. The molecule has 0 bridgehead atoms. The second kappa shape index (κ2) is 9.75. The van der Waals surface area contributed by atoms with Crippen molar-refractivity contribution in [3.05, 3.63) is 30.1 Å². The highest BCUT2D eigenvalue weighted by Gasteiger charge is 2.32. The molecule has 1 amide bonds. The van der Waals surface area contributed by atoms with Crippen molar-refractivity contribution in [2.45, 2.75) is 31.6 Å². The fourth-order valence-electron chi connectivity index (χ4n) is 4.27. The van der Waals surface area contributed by atoms with Crippen molar-refractivity contribution in [2.75, 3.05) is 57.0 Å². The molecule has 5 rings (SSSR count). The minimum atomic E-state index is -0.618. The average Bonchev–Trinajstić information content (AvgIpc) is 3.36. The number of nitrogens with one attached hydrogen (secondary N) is 1. The van der Waals surface area contributed by atoms with E-state index in [-0.39, 0.29) is 24.6 Å². The molecule has 2 atom stereocenters. The van der Waals surface area contributed by atoms with Crippen molar-refractivity contribution >= 4 is 17.8 Å². The van der Waals surface area contributed by atoms with Gasteiger partial charge >= 0.3 is 0 Å². The number of ether oxygens (including phenoxy) is 3. The number of nitrogens with two attached hydrogens (primary N) is 1. The zero-order valence-corrected chi connectivity index (χ0v) is 18.5. The van der Waals surface area contributed by atoms with E-state index in [4.69, 9.17) is 19.9 Å². The Balaban J connectivity index is 1.12. The molecule has 3 aliphatic heterocycles. The van der Waals surface area contributed by atoms with Crippen molar-refractivity contribution in [2.24, 2.45) is 0 Å². The van der Waals surface area contributed by atoms with Crippen molar-refractivity contribution in [3.63, 3.8) is 0 Å². The largest absolute Gasteiger partial charge is 0.485 e. The molecule has 1 aromatic heterocycles. The number of para-hydroxylation sites is 2. The van der Waals surface area contributed by atoms with Crippen LogP contribution >= 0.6 is 0 Å². The maximum atomic E-state index is 12.9. The summed E-state index contributed by atoms with van der Waals surface area (Å²) in [5, 5.41) is 3.21. The van der Waals surface area contributed by atoms with Crippen molar-refractivity contribution < 1.29 is 19.0 Å². The Morgan fingerprint density at radius 3 is 2.73 bits per heavy atom. The van der Waals surface area contributed by atoms with E-state index in [0.717, 1.165) is 19.4 Å². The molecule has 2 fully saturated rings. The number of amides is 1. The molecule has 3 aliphatic rings. The molecule has 176 valence electrons. The summed E-state index contributed by atoms with van der Waals surface area (Å²) in [6.07, 6.45) is 1.68. The lowest BCUT2D eigenvalue weighted by molar-refractivity contribution is -0.143. The molecule has 0 radical (unpaired) electrons. The summed E-state index contributed by atoms with van der Waals surface area (Å²) in [5.74, 6) is 2.51. The molecule has 1 aromatic carbocycles. The van der Waals surface area contributed by atoms with Crippen LogP contribution in [0.5, 0.6) is 11.5 Å². The van der Waals surface area contributed by atoms with Crippen molar-refractivity contribution in [1.82, 2.24) is 24.8 Å². The van der Waals surface area contributed by atoms with Gasteiger partial charge in [-0.3, -0.25) is 9.69 Å². The molecule has 11 heteroatoms. The molecule has 2 unspecified atom stereocenters. The lowest BCUT2D eigenvalue weighted by atomic mass is 10.2. The van der Waals surface area contributed by atoms with Crippen LogP contribution in [0.3, 0.4) is 0 Å². The van der Waals surface area contributed by atoms with E-state index in [0.29, 0.717) is 62.5 Å². The number of nitrogens with zero attached hydrogens (tertiary/aromatic N) is 5. The topological polar surface area (TPSA) is 128 Å². The number of aromatic nitrogens is 3. The van der Waals surface area contributed by atoms with Gasteiger partial charge in [0.2, 0.25) is 18.0 Å². The summed E-state index contributed by atoms with van der Waals surface area (Å²) in [6, 6.07) is 7.40. The number of anilines is 2. The molecule has 0 aliphatic carbocycles. The van der Waals surface area contributed by atoms with E-state index in [1.54, 1.807) is 0 Å². The Labute approximate surface area is 192 Å². The Bertz CT molecular complexity index is 977. The van der Waals surface area contributed by atoms with E-state index >= 15 is 0 Å². The predicted molar refractivity (Wildman–Crippen MR) is 120 cm³/mol. The molecule has 0 spiro atoms. The van der Waals surface area contributed by atoms with Crippen LogP contribution in [0.2, 0.25) is 0 Å². The third-order valence-corrected chi connectivity index (χ3v) is 6.04. The first kappa shape index (κ1) is 21.7. The maximum absolute atomic E-state index is 12.9. The maximum Gasteiger partial charge on any atom is 0.267 e. The van der Waals surface area contributed by atoms with Gasteiger partial charge in [0.1, 0.15) is 12.4 Å². The van der Waals surface area contributed by atoms with Gasteiger partial charge in [-0.05, 0) is 25.0 Å². The highest BCUT2D eigenvalue weighted by atomic mass is 16.6. The minimum absolute atomic E-state index is 0.0471. The molecular formula is C22H29N7O4. The van der Waals surface area contributed by atoms with Crippen LogP contribution in [0.15, 0.2) is 24.3 Å². The molecule has 4 heterocycles. The number of carbonyl (C=O) groups excluding carboxylic acids is 1. The molecule has 0 saturated carbocycles. The van der Waals surface area contributed by atoms with E-state index in [2.05, 4.69) is 25.2 Å². The first-order valence-electron chi connectivity index (χ1n) is 11.4. The lowest BCUT2D eigenvalue weighted by Gasteiger charge is -2.36. The third-order valence-electron chi connectivity index (χ3n) is 6.04. The highest BCUT2D eigenvalue weighted by molar-refractivity contribution is 5.82. The number of hydrogen-bond donors (Lipinski definition) is 2. The van der Waals surface area contributed by atoms with E-state index in [1.807, 2.05) is 29.2 Å². The van der Waals surface area contributed by atoms with Gasteiger partial charge in [0.15, 0.2) is 11.5 Å². The summed E-state index contributed by atoms with van der Waals surface area (Å²) >= 11 is 0. The van der Waals surface area contributed by atoms with Crippen LogP contribution in [-0.2, 0) is 16.1 Å². The highest BCUT2D eigenvalue weighted by Crippen LogP contribution is 2.31. The Morgan fingerprint density at radius 2 is 1.94 bits per heavy atom. The van der Waals surface area contributed by atoms with E-state index in [1.165, 1.54) is 0 Å². The Hall–Kier alpha value is -3.18. The summed E-state index contributed by atoms with van der Waals surface area (Å²) in [5.41, 5.74) is 5.90. The fraction of sp³-hybridized carbons (Fsp3) is 0.545. The number of piperazine rings is 1. The van der Waals surface area contributed by atoms with Crippen LogP contribution < -0.4 is 20.5 Å². The average molecular weight is 456 g/mol. The summed E-state index contributed by atoms with van der Waals surface area (Å²) in [6.45, 7) is 4.84. The lowest BCUT2D eigenvalue weighted by Crippen LogP contribution is -2.53. The standard InChI is InChI=1S/C22H29N7O4/c23-21-25-19(26-22(27-21)24-12-15-4-3-11-31-15)13-28-7-9-29(10-8-28)20(30)18-14-32-16-5-1-2-6-17(16)33-18/h1-2,5-6,15,18H,3-4,7-14H2,(H3,23,24,25,26,27). The smallest absolute Gasteiger partial charge is 0.267 e. The van der Waals surface area contributed by atoms with Gasteiger partial charge in [-0.25, -0.2) is 0 Å². The zero-order valence-electron chi connectivity index (χ0n) is 18.5. The summed E-state index contributed by atoms with van der Waals surface area (Å²) < 4.78 is 17.2. The number of benzene rings is 1. The minimum Gasteiger partial charge on any atom is -0.485 e. The van der Waals surface area contributed by atoms with E-state index in [9.17, 15) is 4.79 Å². The second-order valence-electron chi connectivity index (χ2n) is 8.42. The van der Waals surface area contributed by atoms with Crippen LogP contribution in [-0.4, -0.2) is 88.8 Å². The number of nitrogen functional groups attached to an aromatic ring is 1. The Morgan fingerprint density at radius 1 is 1.12 bits per heavy atom. The SMILES string of the molecule is Nc1nc(CN2CCN(C(=O)C3COc4ccccc4O3)CC2)nc(NCC2CCCO2)n1. The first-order valence-corrected chi connectivity index (χ1v) is 11.4. The van der Waals surface area contributed by atoms with Crippen LogP contribution in [0.4, 0.5) is 11.9 Å². The van der Waals surface area contributed by atoms with Gasteiger partial charge in [-0.1, -0.05) is 12.1 Å². The first-order chi connectivity index (χ1) is 16.1. The van der Waals surface area contributed by atoms with Gasteiger partial charge in [0.25, 0.3) is 5.91 Å². The van der Waals surface area contributed by atoms with E-state index < -0.39 is 6.10 Å². The molecule has 2 saturated heterocycles. The number of rotatable bonds is 6. The monoisotopic (exact) mass is 455 g/mol. The summed E-state index contributed by atoms with van der Waals surface area (Å²) in [7, 11) is 0. The molecule has 33 heavy (non-hydrogen) atoms. The Kier molecular flexibility index (Phi) is 6.40. The molecule has 2 aromatic rings. The quantitative estimate of drug-likeness (QED) is 0.636. The molecule has 11 nitrogen and oxygen atoms in total. The van der Waals surface area contributed by atoms with Crippen LogP contribution in [0.1, 0.15) is 18.7 Å². The van der Waals surface area contributed by atoms with Gasteiger partial charge in [0, 0.05) is 39.3 Å². The van der Waals surface area contributed by atoms with Gasteiger partial charge in [0.05, 0.1) is 12.6 Å². The number of hydrogen-bond acceptors (Lipinski definition) is 10. The predicted octanol–water partition coefficient (Wildman–Crippen LogP) is 0.529. The van der Waals surface area contributed by atoms with Crippen LogP contribution in [0.25, 0.3) is 0 Å². The van der Waals surface area contributed by atoms with Gasteiger partial charge < -0.3 is 30.2 Å². The van der Waals surface area contributed by atoms with Gasteiger partial charge in [-0.2, -0.15) is 15.0 Å². The third kappa shape index (κ3) is 5.25. The summed E-state index contributed by atoms with van der Waals surface area (Å²) in [4.78, 5) is 29.9. The zero-order chi connectivity index (χ0) is 22.6. The number of carbonyl (C=O) groups is 1.